The molecule has 0 radical (unpaired) electrons. The summed E-state index contributed by atoms with van der Waals surface area (Å²) >= 11 is 4.73. The normalized spacial score (nSPS) is 12.5. The highest BCUT2D eigenvalue weighted by atomic mass is 32.1. The van der Waals surface area contributed by atoms with E-state index in [9.17, 15) is 0 Å². The lowest BCUT2D eigenvalue weighted by Gasteiger charge is -2.12. The lowest BCUT2D eigenvalue weighted by atomic mass is 10.0. The molecule has 3 aromatic rings. The van der Waals surface area contributed by atoms with E-state index in [-0.39, 0.29) is 5.25 Å². The first-order valence-corrected chi connectivity index (χ1v) is 6.58. The molecule has 0 nitrogen and oxygen atoms in total. The average Bonchev–Trinajstić information content (AvgIpc) is 2.47. The fourth-order valence-corrected chi connectivity index (χ4v) is 2.54. The number of hydrogen-bond donors (Lipinski definition) is 1. The highest BCUT2D eigenvalue weighted by molar-refractivity contribution is 7.80. The van der Waals surface area contributed by atoms with E-state index in [4.69, 9.17) is 12.6 Å². The van der Waals surface area contributed by atoms with Crippen LogP contribution in [-0.4, -0.2) is 0 Å². The van der Waals surface area contributed by atoms with Crippen molar-refractivity contribution in [3.05, 3.63) is 83.9 Å². The minimum absolute atomic E-state index is 0.135. The molecule has 0 saturated heterocycles. The second-order valence-electron chi connectivity index (χ2n) is 4.42. The Morgan fingerprint density at radius 3 is 2.06 bits per heavy atom. The molecule has 1 heteroatoms. The van der Waals surface area contributed by atoms with Gasteiger partial charge in [-0.25, -0.2) is 0 Å². The Balaban J connectivity index is 2.04. The fourth-order valence-electron chi connectivity index (χ4n) is 2.21. The monoisotopic (exact) mass is 250 g/mol. The van der Waals surface area contributed by atoms with Crippen molar-refractivity contribution in [3.8, 4) is 0 Å². The molecule has 0 amide bonds. The van der Waals surface area contributed by atoms with E-state index in [1.165, 1.54) is 21.9 Å². The van der Waals surface area contributed by atoms with Gasteiger partial charge in [-0.1, -0.05) is 66.7 Å². The molecule has 1 atom stereocenters. The molecule has 0 aliphatic carbocycles. The first-order valence-electron chi connectivity index (χ1n) is 6.06. The van der Waals surface area contributed by atoms with Gasteiger partial charge in [-0.2, -0.15) is 12.6 Å². The van der Waals surface area contributed by atoms with Crippen molar-refractivity contribution >= 4 is 23.4 Å². The van der Waals surface area contributed by atoms with Gasteiger partial charge in [0.15, 0.2) is 0 Å². The Morgan fingerprint density at radius 2 is 1.28 bits per heavy atom. The van der Waals surface area contributed by atoms with Crippen LogP contribution in [0.15, 0.2) is 72.8 Å². The number of fused-ring (bicyclic) bond motifs is 1. The van der Waals surface area contributed by atoms with Crippen LogP contribution in [0.5, 0.6) is 0 Å². The Bertz CT molecular complexity index is 659. The molecule has 3 rings (SSSR count). The summed E-state index contributed by atoms with van der Waals surface area (Å²) < 4.78 is 0. The molecule has 0 bridgehead atoms. The predicted molar refractivity (Wildman–Crippen MR) is 81.2 cm³/mol. The number of thiol groups is 1. The quantitative estimate of drug-likeness (QED) is 0.617. The van der Waals surface area contributed by atoms with Crippen LogP contribution in [0.1, 0.15) is 16.4 Å². The fraction of sp³-hybridized carbons (Fsp3) is 0.0588. The van der Waals surface area contributed by atoms with Crippen molar-refractivity contribution in [3.63, 3.8) is 0 Å². The van der Waals surface area contributed by atoms with Gasteiger partial charge in [0.25, 0.3) is 0 Å². The van der Waals surface area contributed by atoms with Crippen molar-refractivity contribution < 1.29 is 0 Å². The maximum Gasteiger partial charge on any atom is 0.0516 e. The molecule has 88 valence electrons. The van der Waals surface area contributed by atoms with E-state index in [1.54, 1.807) is 0 Å². The largest absolute Gasteiger partial charge is 0.166 e. The van der Waals surface area contributed by atoms with Gasteiger partial charge in [0.05, 0.1) is 5.25 Å². The second-order valence-corrected chi connectivity index (χ2v) is 4.94. The summed E-state index contributed by atoms with van der Waals surface area (Å²) in [6.07, 6.45) is 0. The first-order chi connectivity index (χ1) is 8.84. The third kappa shape index (κ3) is 2.14. The Kier molecular flexibility index (Phi) is 3.07. The highest BCUT2D eigenvalue weighted by Gasteiger charge is 2.08. The minimum atomic E-state index is 0.135. The Hall–Kier alpha value is -1.73. The summed E-state index contributed by atoms with van der Waals surface area (Å²) in [5, 5.41) is 2.68. The molecule has 0 aliphatic heterocycles. The molecule has 0 N–H and O–H groups in total. The molecule has 1 unspecified atom stereocenters. The summed E-state index contributed by atoms with van der Waals surface area (Å²) in [7, 11) is 0. The molecule has 3 aromatic carbocycles. The van der Waals surface area contributed by atoms with Crippen LogP contribution in [0.2, 0.25) is 0 Å². The van der Waals surface area contributed by atoms with Crippen LogP contribution in [0.4, 0.5) is 0 Å². The van der Waals surface area contributed by atoms with Crippen molar-refractivity contribution in [1.29, 1.82) is 0 Å². The second kappa shape index (κ2) is 4.87. The van der Waals surface area contributed by atoms with E-state index in [0.29, 0.717) is 0 Å². The van der Waals surface area contributed by atoms with Crippen LogP contribution in [0.3, 0.4) is 0 Å². The third-order valence-corrected chi connectivity index (χ3v) is 3.80. The van der Waals surface area contributed by atoms with Crippen molar-refractivity contribution in [1.82, 2.24) is 0 Å². The van der Waals surface area contributed by atoms with Crippen molar-refractivity contribution in [2.75, 3.05) is 0 Å². The predicted octanol–water partition coefficient (Wildman–Crippen LogP) is 4.86. The Morgan fingerprint density at radius 1 is 0.611 bits per heavy atom. The van der Waals surface area contributed by atoms with E-state index in [1.807, 2.05) is 6.07 Å². The maximum atomic E-state index is 4.73. The number of hydrogen-bond acceptors (Lipinski definition) is 1. The summed E-state index contributed by atoms with van der Waals surface area (Å²) in [6, 6.07) is 25.3. The zero-order valence-corrected chi connectivity index (χ0v) is 10.8. The summed E-state index contributed by atoms with van der Waals surface area (Å²) in [5.41, 5.74) is 2.47. The van der Waals surface area contributed by atoms with E-state index < -0.39 is 0 Å². The molecular weight excluding hydrogens is 236 g/mol. The molecule has 0 fully saturated rings. The highest BCUT2D eigenvalue weighted by Crippen LogP contribution is 2.30. The molecular formula is C17H14S. The number of benzene rings is 3. The lowest BCUT2D eigenvalue weighted by Crippen LogP contribution is -1.92. The van der Waals surface area contributed by atoms with Crippen LogP contribution in [0.25, 0.3) is 10.8 Å². The van der Waals surface area contributed by atoms with Crippen LogP contribution in [0, 0.1) is 0 Å². The first kappa shape index (κ1) is 11.4. The van der Waals surface area contributed by atoms with Gasteiger partial charge in [-0.3, -0.25) is 0 Å². The van der Waals surface area contributed by atoms with Gasteiger partial charge in [-0.05, 0) is 28.0 Å². The van der Waals surface area contributed by atoms with Crippen LogP contribution < -0.4 is 0 Å². The van der Waals surface area contributed by atoms with Crippen LogP contribution >= 0.6 is 12.6 Å². The minimum Gasteiger partial charge on any atom is -0.166 e. The molecule has 0 spiro atoms. The molecule has 0 aromatic heterocycles. The van der Waals surface area contributed by atoms with Crippen LogP contribution in [-0.2, 0) is 0 Å². The van der Waals surface area contributed by atoms with Gasteiger partial charge in [0, 0.05) is 0 Å². The van der Waals surface area contributed by atoms with Crippen molar-refractivity contribution in [2.45, 2.75) is 5.25 Å². The standard InChI is InChI=1S/C17H14S/c18-17(14-7-2-1-3-8-14)16-11-10-13-6-4-5-9-15(13)12-16/h1-12,17-18H. The third-order valence-electron chi connectivity index (χ3n) is 3.20. The van der Waals surface area contributed by atoms with E-state index in [0.717, 1.165) is 0 Å². The summed E-state index contributed by atoms with van der Waals surface area (Å²) in [6.45, 7) is 0. The van der Waals surface area contributed by atoms with Gasteiger partial charge in [0.1, 0.15) is 0 Å². The smallest absolute Gasteiger partial charge is 0.0516 e. The zero-order valence-electron chi connectivity index (χ0n) is 9.95. The molecule has 0 saturated carbocycles. The SMILES string of the molecule is SC(c1ccccc1)c1ccc2ccccc2c1. The number of rotatable bonds is 2. The molecule has 0 aliphatic rings. The topological polar surface area (TPSA) is 0 Å². The summed E-state index contributed by atoms with van der Waals surface area (Å²) in [4.78, 5) is 0. The van der Waals surface area contributed by atoms with Gasteiger partial charge >= 0.3 is 0 Å². The van der Waals surface area contributed by atoms with E-state index >= 15 is 0 Å². The zero-order chi connectivity index (χ0) is 12.4. The van der Waals surface area contributed by atoms with Gasteiger partial charge in [0.2, 0.25) is 0 Å². The van der Waals surface area contributed by atoms with Gasteiger partial charge in [-0.15, -0.1) is 0 Å². The lowest BCUT2D eigenvalue weighted by molar-refractivity contribution is 1.17. The molecule has 0 heterocycles. The van der Waals surface area contributed by atoms with Gasteiger partial charge < -0.3 is 0 Å². The average molecular weight is 250 g/mol. The van der Waals surface area contributed by atoms with Crippen molar-refractivity contribution in [2.24, 2.45) is 0 Å². The maximum absolute atomic E-state index is 4.73. The Labute approximate surface area is 113 Å². The molecule has 18 heavy (non-hydrogen) atoms. The summed E-state index contributed by atoms with van der Waals surface area (Å²) in [5.74, 6) is 0. The van der Waals surface area contributed by atoms with E-state index in [2.05, 4.69) is 66.7 Å².